The minimum absolute atomic E-state index is 0. The molecule has 1 unspecified atom stereocenters. The Morgan fingerprint density at radius 3 is 2.77 bits per heavy atom. The van der Waals surface area contributed by atoms with E-state index in [4.69, 9.17) is 16.3 Å². The number of aliphatic carboxylic acids is 1. The van der Waals surface area contributed by atoms with Crippen LogP contribution in [0.2, 0.25) is 5.02 Å². The maximum absolute atomic E-state index is 10.4. The second kappa shape index (κ2) is 14.2. The van der Waals surface area contributed by atoms with Gasteiger partial charge in [0, 0.05) is 23.3 Å². The fourth-order valence-electron chi connectivity index (χ4n) is 3.49. The van der Waals surface area contributed by atoms with E-state index in [9.17, 15) is 25.2 Å². The van der Waals surface area contributed by atoms with Crippen LogP contribution in [0.1, 0.15) is 32.1 Å². The number of hydrogen-bond acceptors (Lipinski definition) is 6. The van der Waals surface area contributed by atoms with E-state index in [1.807, 2.05) is 12.2 Å². The molecule has 5 atom stereocenters. The van der Waals surface area contributed by atoms with Crippen LogP contribution < -0.4 is 39.4 Å². The number of hydrogen-bond donors (Lipinski definition) is 3. The van der Waals surface area contributed by atoms with Crippen LogP contribution in [0.5, 0.6) is 5.75 Å². The summed E-state index contributed by atoms with van der Waals surface area (Å²) < 4.78 is 5.50. The van der Waals surface area contributed by atoms with Crippen molar-refractivity contribution in [3.63, 3.8) is 0 Å². The molecule has 0 heterocycles. The van der Waals surface area contributed by atoms with Gasteiger partial charge in [-0.3, -0.25) is 0 Å². The number of aliphatic hydroxyl groups excluding tert-OH is 3. The fourth-order valence-corrected chi connectivity index (χ4v) is 3.67. The Labute approximate surface area is 204 Å². The molecule has 30 heavy (non-hydrogen) atoms. The first-order valence-corrected chi connectivity index (χ1v) is 10.2. The maximum atomic E-state index is 10.4. The topological polar surface area (TPSA) is 110 Å². The van der Waals surface area contributed by atoms with Crippen molar-refractivity contribution in [2.45, 2.75) is 50.4 Å². The van der Waals surface area contributed by atoms with Crippen molar-refractivity contribution >= 4 is 17.6 Å². The smallest absolute Gasteiger partial charge is 0.550 e. The van der Waals surface area contributed by atoms with Gasteiger partial charge in [0.05, 0.1) is 12.2 Å². The summed E-state index contributed by atoms with van der Waals surface area (Å²) >= 11 is 5.89. The fraction of sp³-hybridized carbons (Fsp3) is 0.500. The van der Waals surface area contributed by atoms with Crippen LogP contribution in [0.25, 0.3) is 0 Å². The number of halogens is 1. The molecule has 3 N–H and O–H groups in total. The minimum atomic E-state index is -1.06. The molecular weight excluding hydrogens is 419 g/mol. The van der Waals surface area contributed by atoms with Crippen LogP contribution in [-0.4, -0.2) is 46.2 Å². The monoisotopic (exact) mass is 446 g/mol. The van der Waals surface area contributed by atoms with E-state index in [1.165, 1.54) is 0 Å². The average Bonchev–Trinajstić information content (AvgIpc) is 2.93. The quantitative estimate of drug-likeness (QED) is 0.225. The number of benzene rings is 1. The minimum Gasteiger partial charge on any atom is -0.550 e. The molecule has 8 heteroatoms. The third kappa shape index (κ3) is 9.52. The largest absolute Gasteiger partial charge is 1.00 e. The number of ether oxygens (including phenoxy) is 1. The van der Waals surface area contributed by atoms with Crippen LogP contribution in [0.15, 0.2) is 48.6 Å². The SMILES string of the molecule is O=C([O-])CCCC=CC[C@@H]1[C@@H](C=CC(O)COc2cccc(Cl)c2)[C@H](O)C[C@@H]1O.[Na+]. The van der Waals surface area contributed by atoms with Crippen LogP contribution in [0.4, 0.5) is 0 Å². The van der Waals surface area contributed by atoms with E-state index in [0.29, 0.717) is 30.0 Å². The summed E-state index contributed by atoms with van der Waals surface area (Å²) in [5.74, 6) is -0.947. The van der Waals surface area contributed by atoms with Gasteiger partial charge in [0.2, 0.25) is 0 Å². The molecule has 1 aliphatic carbocycles. The Hall–Kier alpha value is -0.860. The van der Waals surface area contributed by atoms with Crippen molar-refractivity contribution in [3.8, 4) is 5.75 Å². The van der Waals surface area contributed by atoms with E-state index in [-0.39, 0.29) is 60.8 Å². The molecule has 0 aromatic heterocycles. The van der Waals surface area contributed by atoms with Gasteiger partial charge in [-0.05, 0) is 49.8 Å². The zero-order valence-electron chi connectivity index (χ0n) is 17.2. The zero-order chi connectivity index (χ0) is 21.2. The molecule has 6 nitrogen and oxygen atoms in total. The summed E-state index contributed by atoms with van der Waals surface area (Å²) in [5.41, 5.74) is 0. The Kier molecular flexibility index (Phi) is 12.9. The zero-order valence-corrected chi connectivity index (χ0v) is 19.9. The summed E-state index contributed by atoms with van der Waals surface area (Å²) in [6, 6.07) is 6.89. The van der Waals surface area contributed by atoms with Crippen molar-refractivity contribution in [3.05, 3.63) is 53.6 Å². The number of carboxylic acid groups (broad SMARTS) is 1. The Morgan fingerprint density at radius 2 is 2.07 bits per heavy atom. The molecule has 1 fully saturated rings. The molecule has 0 aliphatic heterocycles. The van der Waals surface area contributed by atoms with Crippen molar-refractivity contribution in [1.29, 1.82) is 0 Å². The van der Waals surface area contributed by atoms with Gasteiger partial charge in [-0.2, -0.15) is 0 Å². The Bertz CT molecular complexity index is 711. The van der Waals surface area contributed by atoms with Gasteiger partial charge >= 0.3 is 29.6 Å². The third-order valence-corrected chi connectivity index (χ3v) is 5.25. The number of aliphatic hydroxyl groups is 3. The molecule has 0 bridgehead atoms. The predicted octanol–water partition coefficient (Wildman–Crippen LogP) is -1.14. The first kappa shape index (κ1) is 27.2. The van der Waals surface area contributed by atoms with Crippen LogP contribution in [-0.2, 0) is 4.79 Å². The van der Waals surface area contributed by atoms with Gasteiger partial charge in [0.1, 0.15) is 18.5 Å². The van der Waals surface area contributed by atoms with Crippen LogP contribution in [0.3, 0.4) is 0 Å². The molecule has 1 aromatic rings. The molecule has 1 aromatic carbocycles. The summed E-state index contributed by atoms with van der Waals surface area (Å²) in [6.07, 6.45) is 6.93. The van der Waals surface area contributed by atoms with Crippen molar-refractivity contribution < 1.29 is 59.5 Å². The van der Waals surface area contributed by atoms with Gasteiger partial charge in [-0.15, -0.1) is 0 Å². The molecule has 0 spiro atoms. The number of rotatable bonds is 11. The second-order valence-electron chi connectivity index (χ2n) is 7.30. The maximum Gasteiger partial charge on any atom is 1.00 e. The average molecular weight is 447 g/mol. The van der Waals surface area contributed by atoms with E-state index >= 15 is 0 Å². The van der Waals surface area contributed by atoms with E-state index < -0.39 is 24.3 Å². The molecular formula is C22H28ClNaO6. The Morgan fingerprint density at radius 1 is 1.30 bits per heavy atom. The Balaban J connectivity index is 0.00000450. The second-order valence-corrected chi connectivity index (χ2v) is 7.74. The van der Waals surface area contributed by atoms with E-state index in [1.54, 1.807) is 36.4 Å². The summed E-state index contributed by atoms with van der Waals surface area (Å²) in [4.78, 5) is 10.4. The molecule has 160 valence electrons. The number of carboxylic acids is 1. The predicted molar refractivity (Wildman–Crippen MR) is 108 cm³/mol. The summed E-state index contributed by atoms with van der Waals surface area (Å²) in [5, 5.41) is 41.6. The number of carbonyl (C=O) groups is 1. The first-order chi connectivity index (χ1) is 13.9. The molecule has 0 radical (unpaired) electrons. The van der Waals surface area contributed by atoms with Gasteiger partial charge in [0.25, 0.3) is 0 Å². The molecule has 1 aliphatic rings. The number of unbranched alkanes of at least 4 members (excludes halogenated alkanes) is 1. The van der Waals surface area contributed by atoms with Gasteiger partial charge in [-0.1, -0.05) is 42.0 Å². The molecule has 0 amide bonds. The van der Waals surface area contributed by atoms with Gasteiger partial charge in [-0.25, -0.2) is 0 Å². The standard InChI is InChI=1S/C22H29ClO6.Na/c23-15-6-5-7-17(12-15)29-14-16(24)10-11-19-18(20(25)13-21(19)26)8-3-1-2-4-9-22(27)28;/h1,3,5-7,10-12,16,18-21,24-26H,2,4,8-9,13-14H2,(H,27,28);/q;+1/p-1/t16?,18-,19-,20+,21-;/m1./s1. The van der Waals surface area contributed by atoms with Crippen LogP contribution >= 0.6 is 11.6 Å². The summed E-state index contributed by atoms with van der Waals surface area (Å²) in [7, 11) is 0. The summed E-state index contributed by atoms with van der Waals surface area (Å²) in [6.45, 7) is 0.0468. The number of allylic oxidation sites excluding steroid dienone is 2. The van der Waals surface area contributed by atoms with E-state index in [0.717, 1.165) is 0 Å². The van der Waals surface area contributed by atoms with Crippen molar-refractivity contribution in [2.24, 2.45) is 11.8 Å². The van der Waals surface area contributed by atoms with Crippen molar-refractivity contribution in [2.75, 3.05) is 6.61 Å². The third-order valence-electron chi connectivity index (χ3n) is 5.01. The number of carbonyl (C=O) groups excluding carboxylic acids is 1. The van der Waals surface area contributed by atoms with Gasteiger partial charge < -0.3 is 30.0 Å². The molecule has 1 saturated carbocycles. The van der Waals surface area contributed by atoms with Crippen molar-refractivity contribution in [1.82, 2.24) is 0 Å². The molecule has 2 rings (SSSR count). The normalized spacial score (nSPS) is 24.8. The van der Waals surface area contributed by atoms with Crippen LogP contribution in [0, 0.1) is 11.8 Å². The molecule has 0 saturated heterocycles. The first-order valence-electron chi connectivity index (χ1n) is 9.82. The van der Waals surface area contributed by atoms with Gasteiger partial charge in [0.15, 0.2) is 0 Å². The van der Waals surface area contributed by atoms with E-state index in [2.05, 4.69) is 0 Å².